The Balaban J connectivity index is 1.57. The van der Waals surface area contributed by atoms with Crippen LogP contribution in [0.3, 0.4) is 0 Å². The molecule has 0 radical (unpaired) electrons. The van der Waals surface area contributed by atoms with Gasteiger partial charge in [0, 0.05) is 18.8 Å². The Morgan fingerprint density at radius 3 is 2.42 bits per heavy atom. The van der Waals surface area contributed by atoms with E-state index in [4.69, 9.17) is 4.74 Å². The third-order valence-corrected chi connectivity index (χ3v) is 8.21. The van der Waals surface area contributed by atoms with Crippen molar-refractivity contribution < 1.29 is 17.9 Å². The molecular formula is C23H29BrN2O4S. The predicted octanol–water partition coefficient (Wildman–Crippen LogP) is 4.98. The first kappa shape index (κ1) is 23.8. The van der Waals surface area contributed by atoms with Gasteiger partial charge in [0.25, 0.3) is 5.91 Å². The number of amides is 1. The van der Waals surface area contributed by atoms with Gasteiger partial charge in [0.15, 0.2) is 6.61 Å². The smallest absolute Gasteiger partial charge is 0.262 e. The normalized spacial score (nSPS) is 15.1. The van der Waals surface area contributed by atoms with E-state index in [9.17, 15) is 13.2 Å². The van der Waals surface area contributed by atoms with Gasteiger partial charge in [-0.1, -0.05) is 32.3 Å². The lowest BCUT2D eigenvalue weighted by molar-refractivity contribution is -0.118. The van der Waals surface area contributed by atoms with Crippen molar-refractivity contribution in [2.75, 3.05) is 19.0 Å². The predicted molar refractivity (Wildman–Crippen MR) is 126 cm³/mol. The number of nitrogens with zero attached hydrogens (tertiary/aromatic N) is 1. The molecule has 0 unspecified atom stereocenters. The molecule has 0 spiro atoms. The Hall–Kier alpha value is -1.90. The fourth-order valence-corrected chi connectivity index (χ4v) is 5.70. The number of anilines is 1. The number of carbonyl (C=O) groups is 1. The number of halogens is 1. The molecule has 1 saturated carbocycles. The average molecular weight is 509 g/mol. The zero-order chi connectivity index (χ0) is 22.4. The molecule has 0 saturated heterocycles. The lowest BCUT2D eigenvalue weighted by Gasteiger charge is -2.30. The summed E-state index contributed by atoms with van der Waals surface area (Å²) in [6, 6.07) is 12.1. The van der Waals surface area contributed by atoms with Crippen LogP contribution in [0.1, 0.15) is 44.6 Å². The molecule has 8 heteroatoms. The minimum absolute atomic E-state index is 0.0565. The van der Waals surface area contributed by atoms with E-state index >= 15 is 0 Å². The van der Waals surface area contributed by atoms with E-state index in [1.165, 1.54) is 28.4 Å². The van der Waals surface area contributed by atoms with Gasteiger partial charge in [-0.2, -0.15) is 4.31 Å². The van der Waals surface area contributed by atoms with Crippen molar-refractivity contribution in [3.8, 4) is 5.75 Å². The largest absolute Gasteiger partial charge is 0.483 e. The standard InChI is InChI=1S/C23H29BrN2O4S/c1-3-17-9-14-22(21(24)15-17)30-16-23(27)25-18-10-12-20(13-11-18)31(28,29)26(2)19-7-5-4-6-8-19/h9-15,19H,3-8,16H2,1-2H3,(H,25,27). The topological polar surface area (TPSA) is 75.7 Å². The van der Waals surface area contributed by atoms with Crippen LogP contribution in [0.15, 0.2) is 51.8 Å². The molecule has 0 bridgehead atoms. The van der Waals surface area contributed by atoms with E-state index in [1.54, 1.807) is 19.2 Å². The fourth-order valence-electron chi connectivity index (χ4n) is 3.74. The molecule has 31 heavy (non-hydrogen) atoms. The molecular weight excluding hydrogens is 480 g/mol. The number of nitrogens with one attached hydrogen (secondary N) is 1. The summed E-state index contributed by atoms with van der Waals surface area (Å²) in [5, 5.41) is 2.74. The number of hydrogen-bond donors (Lipinski definition) is 1. The minimum Gasteiger partial charge on any atom is -0.483 e. The summed E-state index contributed by atoms with van der Waals surface area (Å²) >= 11 is 3.45. The van der Waals surface area contributed by atoms with Crippen molar-refractivity contribution in [1.82, 2.24) is 4.31 Å². The second kappa shape index (κ2) is 10.6. The number of aryl methyl sites for hydroxylation is 1. The highest BCUT2D eigenvalue weighted by atomic mass is 79.9. The van der Waals surface area contributed by atoms with Crippen LogP contribution < -0.4 is 10.1 Å². The van der Waals surface area contributed by atoms with Crippen LogP contribution in [0, 0.1) is 0 Å². The zero-order valence-corrected chi connectivity index (χ0v) is 20.3. The second-order valence-electron chi connectivity index (χ2n) is 7.79. The van der Waals surface area contributed by atoms with Gasteiger partial charge in [-0.3, -0.25) is 4.79 Å². The van der Waals surface area contributed by atoms with Crippen LogP contribution in [0.5, 0.6) is 5.75 Å². The Kier molecular flexibility index (Phi) is 8.13. The summed E-state index contributed by atoms with van der Waals surface area (Å²) in [6.07, 6.45) is 6.03. The minimum atomic E-state index is -3.55. The van der Waals surface area contributed by atoms with Gasteiger partial charge in [0.2, 0.25) is 10.0 Å². The van der Waals surface area contributed by atoms with Crippen molar-refractivity contribution in [2.45, 2.75) is 56.4 Å². The Morgan fingerprint density at radius 2 is 1.81 bits per heavy atom. The summed E-state index contributed by atoms with van der Waals surface area (Å²) in [5.74, 6) is 0.279. The van der Waals surface area contributed by atoms with Crippen molar-refractivity contribution in [2.24, 2.45) is 0 Å². The van der Waals surface area contributed by atoms with Crippen molar-refractivity contribution in [3.05, 3.63) is 52.5 Å². The summed E-state index contributed by atoms with van der Waals surface area (Å²) < 4.78 is 33.7. The van der Waals surface area contributed by atoms with Gasteiger partial charge in [-0.25, -0.2) is 8.42 Å². The van der Waals surface area contributed by atoms with Gasteiger partial charge in [-0.05, 0) is 77.2 Å². The average Bonchev–Trinajstić information content (AvgIpc) is 2.78. The molecule has 1 fully saturated rings. The SMILES string of the molecule is CCc1ccc(OCC(=O)Nc2ccc(S(=O)(=O)N(C)C3CCCCC3)cc2)c(Br)c1. The zero-order valence-electron chi connectivity index (χ0n) is 17.9. The first-order chi connectivity index (χ1) is 14.8. The van der Waals surface area contributed by atoms with Crippen LogP contribution in [-0.4, -0.2) is 38.3 Å². The molecule has 168 valence electrons. The van der Waals surface area contributed by atoms with Crippen molar-refractivity contribution >= 4 is 37.5 Å². The maximum Gasteiger partial charge on any atom is 0.262 e. The first-order valence-corrected chi connectivity index (χ1v) is 12.8. The van der Waals surface area contributed by atoms with Gasteiger partial charge >= 0.3 is 0 Å². The van der Waals surface area contributed by atoms with E-state index in [1.807, 2.05) is 18.2 Å². The lowest BCUT2D eigenvalue weighted by atomic mass is 9.96. The van der Waals surface area contributed by atoms with E-state index in [0.29, 0.717) is 11.4 Å². The number of rotatable bonds is 8. The number of sulfonamides is 1. The molecule has 1 aliphatic rings. The van der Waals surface area contributed by atoms with E-state index in [2.05, 4.69) is 28.2 Å². The number of hydrogen-bond acceptors (Lipinski definition) is 4. The molecule has 0 heterocycles. The van der Waals surface area contributed by atoms with Crippen molar-refractivity contribution in [1.29, 1.82) is 0 Å². The summed E-state index contributed by atoms with van der Waals surface area (Å²) in [6.45, 7) is 1.93. The summed E-state index contributed by atoms with van der Waals surface area (Å²) in [7, 11) is -1.89. The maximum absolute atomic E-state index is 12.9. The number of benzene rings is 2. The molecule has 1 amide bonds. The third-order valence-electron chi connectivity index (χ3n) is 5.67. The second-order valence-corrected chi connectivity index (χ2v) is 10.6. The molecule has 0 atom stereocenters. The highest BCUT2D eigenvalue weighted by Crippen LogP contribution is 2.28. The molecule has 0 aromatic heterocycles. The maximum atomic E-state index is 12.9. The highest BCUT2D eigenvalue weighted by Gasteiger charge is 2.28. The highest BCUT2D eigenvalue weighted by molar-refractivity contribution is 9.10. The Labute approximate surface area is 193 Å². The van der Waals surface area contributed by atoms with Crippen LogP contribution in [-0.2, 0) is 21.2 Å². The summed E-state index contributed by atoms with van der Waals surface area (Å²) in [4.78, 5) is 12.5. The molecule has 1 aliphatic carbocycles. The quantitative estimate of drug-likeness (QED) is 0.545. The lowest BCUT2D eigenvalue weighted by Crippen LogP contribution is -2.38. The van der Waals surface area contributed by atoms with E-state index in [0.717, 1.165) is 36.6 Å². The Morgan fingerprint density at radius 1 is 1.13 bits per heavy atom. The van der Waals surface area contributed by atoms with Crippen LogP contribution >= 0.6 is 15.9 Å². The van der Waals surface area contributed by atoms with Gasteiger partial charge in [0.1, 0.15) is 5.75 Å². The van der Waals surface area contributed by atoms with Crippen LogP contribution in [0.4, 0.5) is 5.69 Å². The molecule has 2 aromatic rings. The molecule has 2 aromatic carbocycles. The Bertz CT molecular complexity index is 1000. The molecule has 3 rings (SSSR count). The van der Waals surface area contributed by atoms with Gasteiger partial charge in [0.05, 0.1) is 9.37 Å². The summed E-state index contributed by atoms with van der Waals surface area (Å²) in [5.41, 5.74) is 1.70. The number of carbonyl (C=O) groups excluding carboxylic acids is 1. The van der Waals surface area contributed by atoms with Crippen LogP contribution in [0.25, 0.3) is 0 Å². The van der Waals surface area contributed by atoms with E-state index < -0.39 is 10.0 Å². The number of ether oxygens (including phenoxy) is 1. The fraction of sp³-hybridized carbons (Fsp3) is 0.435. The van der Waals surface area contributed by atoms with Crippen LogP contribution in [0.2, 0.25) is 0 Å². The molecule has 6 nitrogen and oxygen atoms in total. The van der Waals surface area contributed by atoms with E-state index in [-0.39, 0.29) is 23.5 Å². The molecule has 1 N–H and O–H groups in total. The van der Waals surface area contributed by atoms with Gasteiger partial charge in [-0.15, -0.1) is 0 Å². The van der Waals surface area contributed by atoms with Crippen molar-refractivity contribution in [3.63, 3.8) is 0 Å². The first-order valence-electron chi connectivity index (χ1n) is 10.6. The monoisotopic (exact) mass is 508 g/mol. The van der Waals surface area contributed by atoms with Gasteiger partial charge < -0.3 is 10.1 Å². The molecule has 0 aliphatic heterocycles. The third kappa shape index (κ3) is 6.08.